The Balaban J connectivity index is 1.72. The number of hydrogen-bond acceptors (Lipinski definition) is 2. The van der Waals surface area contributed by atoms with Gasteiger partial charge in [-0.1, -0.05) is 35.3 Å². The predicted molar refractivity (Wildman–Crippen MR) is 109 cm³/mol. The number of amides is 1. The number of nitrogens with one attached hydrogen (secondary N) is 1. The standard InChI is InChI=1S/C21H20Cl2N2O2/c22-15-3-1-14(2-4-15)17(12-21(26)25-7-9-27-10-8-25)19-13-24-20-6-5-16(23)11-18(19)20/h1-6,11,13,17,24H,7-10,12H2/t17-/m0/s1. The molecule has 2 aromatic carbocycles. The molecule has 1 aliphatic rings. The van der Waals surface area contributed by atoms with E-state index in [1.54, 1.807) is 0 Å². The van der Waals surface area contributed by atoms with Crippen molar-refractivity contribution in [3.8, 4) is 0 Å². The van der Waals surface area contributed by atoms with Gasteiger partial charge in [0.2, 0.25) is 5.91 Å². The third-order valence-corrected chi connectivity index (χ3v) is 5.55. The van der Waals surface area contributed by atoms with Crippen LogP contribution in [-0.2, 0) is 9.53 Å². The second kappa shape index (κ2) is 7.93. The molecule has 3 aromatic rings. The molecule has 1 aromatic heterocycles. The number of nitrogens with zero attached hydrogens (tertiary/aromatic N) is 1. The minimum absolute atomic E-state index is 0.0789. The van der Waals surface area contributed by atoms with Crippen molar-refractivity contribution in [2.45, 2.75) is 12.3 Å². The zero-order valence-electron chi connectivity index (χ0n) is 14.8. The Morgan fingerprint density at radius 3 is 2.52 bits per heavy atom. The monoisotopic (exact) mass is 402 g/mol. The zero-order valence-corrected chi connectivity index (χ0v) is 16.3. The van der Waals surface area contributed by atoms with Crippen molar-refractivity contribution in [1.82, 2.24) is 9.88 Å². The summed E-state index contributed by atoms with van der Waals surface area (Å²) >= 11 is 12.3. The van der Waals surface area contributed by atoms with Crippen LogP contribution in [0.15, 0.2) is 48.7 Å². The van der Waals surface area contributed by atoms with E-state index in [1.165, 1.54) is 0 Å². The van der Waals surface area contributed by atoms with Crippen molar-refractivity contribution >= 4 is 40.0 Å². The summed E-state index contributed by atoms with van der Waals surface area (Å²) in [6.07, 6.45) is 2.37. The number of hydrogen-bond donors (Lipinski definition) is 1. The molecule has 1 amide bonds. The predicted octanol–water partition coefficient (Wildman–Crippen LogP) is 4.86. The van der Waals surface area contributed by atoms with Gasteiger partial charge in [-0.3, -0.25) is 4.79 Å². The van der Waals surface area contributed by atoms with Crippen LogP contribution in [0.3, 0.4) is 0 Å². The first-order valence-electron chi connectivity index (χ1n) is 8.99. The molecule has 4 nitrogen and oxygen atoms in total. The Morgan fingerprint density at radius 2 is 1.78 bits per heavy atom. The summed E-state index contributed by atoms with van der Waals surface area (Å²) < 4.78 is 5.37. The minimum atomic E-state index is -0.0789. The molecule has 0 radical (unpaired) electrons. The highest BCUT2D eigenvalue weighted by Crippen LogP contribution is 2.35. The van der Waals surface area contributed by atoms with E-state index in [2.05, 4.69) is 4.98 Å². The second-order valence-corrected chi connectivity index (χ2v) is 7.61. The summed E-state index contributed by atoms with van der Waals surface area (Å²) in [7, 11) is 0. The van der Waals surface area contributed by atoms with Gasteiger partial charge >= 0.3 is 0 Å². The SMILES string of the molecule is O=C(C[C@@H](c1ccc(Cl)cc1)c1c[nH]c2ccc(Cl)cc12)N1CCOCC1. The van der Waals surface area contributed by atoms with Crippen molar-refractivity contribution in [3.63, 3.8) is 0 Å². The van der Waals surface area contributed by atoms with Gasteiger partial charge in [0.15, 0.2) is 0 Å². The molecule has 27 heavy (non-hydrogen) atoms. The van der Waals surface area contributed by atoms with E-state index in [0.29, 0.717) is 42.8 Å². The van der Waals surface area contributed by atoms with Gasteiger partial charge < -0.3 is 14.6 Å². The number of fused-ring (bicyclic) bond motifs is 1. The number of H-pyrrole nitrogens is 1. The number of halogens is 2. The molecule has 1 atom stereocenters. The van der Waals surface area contributed by atoms with Crippen LogP contribution >= 0.6 is 23.2 Å². The molecule has 0 spiro atoms. The average Bonchev–Trinajstić information content (AvgIpc) is 3.10. The van der Waals surface area contributed by atoms with E-state index >= 15 is 0 Å². The summed E-state index contributed by atoms with van der Waals surface area (Å²) in [6, 6.07) is 13.5. The maximum absolute atomic E-state index is 13.0. The first kappa shape index (κ1) is 18.4. The van der Waals surface area contributed by atoms with E-state index in [4.69, 9.17) is 27.9 Å². The number of rotatable bonds is 4. The lowest BCUT2D eigenvalue weighted by Gasteiger charge is -2.28. The van der Waals surface area contributed by atoms with Gasteiger partial charge in [-0.05, 0) is 41.5 Å². The topological polar surface area (TPSA) is 45.3 Å². The van der Waals surface area contributed by atoms with Crippen LogP contribution in [0.1, 0.15) is 23.5 Å². The largest absolute Gasteiger partial charge is 0.378 e. The number of morpholine rings is 1. The molecule has 0 aliphatic carbocycles. The first-order valence-corrected chi connectivity index (χ1v) is 9.75. The number of carbonyl (C=O) groups excluding carboxylic acids is 1. The molecule has 2 heterocycles. The molecule has 1 aliphatic heterocycles. The van der Waals surface area contributed by atoms with Crippen LogP contribution in [-0.4, -0.2) is 42.1 Å². The lowest BCUT2D eigenvalue weighted by Crippen LogP contribution is -2.41. The lowest BCUT2D eigenvalue weighted by molar-refractivity contribution is -0.135. The Morgan fingerprint density at radius 1 is 1.07 bits per heavy atom. The van der Waals surface area contributed by atoms with Crippen molar-refractivity contribution in [2.75, 3.05) is 26.3 Å². The smallest absolute Gasteiger partial charge is 0.223 e. The molecule has 6 heteroatoms. The van der Waals surface area contributed by atoms with Gasteiger partial charge in [0, 0.05) is 52.6 Å². The number of benzene rings is 2. The fourth-order valence-electron chi connectivity index (χ4n) is 3.62. The Kier molecular flexibility index (Phi) is 5.39. The summed E-state index contributed by atoms with van der Waals surface area (Å²) in [5, 5.41) is 2.40. The van der Waals surface area contributed by atoms with E-state index in [9.17, 15) is 4.79 Å². The van der Waals surface area contributed by atoms with E-state index in [-0.39, 0.29) is 11.8 Å². The molecule has 1 saturated heterocycles. The molecular formula is C21H20Cl2N2O2. The van der Waals surface area contributed by atoms with Crippen LogP contribution in [0, 0.1) is 0 Å². The quantitative estimate of drug-likeness (QED) is 0.677. The molecule has 0 unspecified atom stereocenters. The van der Waals surface area contributed by atoms with Crippen LogP contribution in [0.5, 0.6) is 0 Å². The molecule has 1 fully saturated rings. The summed E-state index contributed by atoms with van der Waals surface area (Å²) in [6.45, 7) is 2.48. The van der Waals surface area contributed by atoms with Crippen molar-refractivity contribution < 1.29 is 9.53 Å². The normalized spacial score (nSPS) is 15.9. The maximum Gasteiger partial charge on any atom is 0.223 e. The van der Waals surface area contributed by atoms with Gasteiger partial charge in [0.1, 0.15) is 0 Å². The molecular weight excluding hydrogens is 383 g/mol. The van der Waals surface area contributed by atoms with Crippen molar-refractivity contribution in [2.24, 2.45) is 0 Å². The second-order valence-electron chi connectivity index (χ2n) is 6.74. The maximum atomic E-state index is 13.0. The van der Waals surface area contributed by atoms with Gasteiger partial charge in [-0.25, -0.2) is 0 Å². The number of carbonyl (C=O) groups is 1. The van der Waals surface area contributed by atoms with Gasteiger partial charge in [0.25, 0.3) is 0 Å². The summed E-state index contributed by atoms with van der Waals surface area (Å²) in [5.41, 5.74) is 3.13. The molecule has 0 bridgehead atoms. The van der Waals surface area contributed by atoms with Crippen LogP contribution in [0.25, 0.3) is 10.9 Å². The first-order chi connectivity index (χ1) is 13.1. The van der Waals surface area contributed by atoms with Crippen LogP contribution < -0.4 is 0 Å². The number of ether oxygens (including phenoxy) is 1. The fraction of sp³-hybridized carbons (Fsp3) is 0.286. The third-order valence-electron chi connectivity index (χ3n) is 5.07. The van der Waals surface area contributed by atoms with Crippen molar-refractivity contribution in [3.05, 3.63) is 69.8 Å². The van der Waals surface area contributed by atoms with Crippen LogP contribution in [0.4, 0.5) is 0 Å². The van der Waals surface area contributed by atoms with E-state index < -0.39 is 0 Å². The molecule has 0 saturated carbocycles. The van der Waals surface area contributed by atoms with Crippen LogP contribution in [0.2, 0.25) is 10.0 Å². The molecule has 1 N–H and O–H groups in total. The minimum Gasteiger partial charge on any atom is -0.378 e. The Bertz CT molecular complexity index is 946. The average molecular weight is 403 g/mol. The number of aromatic nitrogens is 1. The van der Waals surface area contributed by atoms with E-state index in [1.807, 2.05) is 53.6 Å². The Hall–Kier alpha value is -2.01. The van der Waals surface area contributed by atoms with Gasteiger partial charge in [-0.2, -0.15) is 0 Å². The molecule has 140 valence electrons. The zero-order chi connectivity index (χ0) is 18.8. The highest BCUT2D eigenvalue weighted by Gasteiger charge is 2.25. The van der Waals surface area contributed by atoms with Gasteiger partial charge in [-0.15, -0.1) is 0 Å². The number of aromatic amines is 1. The lowest BCUT2D eigenvalue weighted by atomic mass is 9.87. The van der Waals surface area contributed by atoms with Crippen molar-refractivity contribution in [1.29, 1.82) is 0 Å². The van der Waals surface area contributed by atoms with Gasteiger partial charge in [0.05, 0.1) is 13.2 Å². The summed E-state index contributed by atoms with van der Waals surface area (Å²) in [5.74, 6) is 0.0551. The Labute approximate surface area is 168 Å². The highest BCUT2D eigenvalue weighted by molar-refractivity contribution is 6.31. The van der Waals surface area contributed by atoms with E-state index in [0.717, 1.165) is 22.0 Å². The fourth-order valence-corrected chi connectivity index (χ4v) is 3.92. The summed E-state index contributed by atoms with van der Waals surface area (Å²) in [4.78, 5) is 18.1. The highest BCUT2D eigenvalue weighted by atomic mass is 35.5. The molecule has 4 rings (SSSR count). The third kappa shape index (κ3) is 3.98.